The second-order valence-electron chi connectivity index (χ2n) is 7.30. The van der Waals surface area contributed by atoms with Crippen molar-refractivity contribution >= 4 is 21.6 Å². The van der Waals surface area contributed by atoms with E-state index >= 15 is 0 Å². The molecule has 0 aromatic heterocycles. The molecule has 2 aromatic carbocycles. The van der Waals surface area contributed by atoms with E-state index in [-0.39, 0.29) is 11.7 Å². The van der Waals surface area contributed by atoms with Crippen molar-refractivity contribution in [1.82, 2.24) is 9.21 Å². The van der Waals surface area contributed by atoms with Crippen LogP contribution in [-0.4, -0.2) is 69.7 Å². The van der Waals surface area contributed by atoms with Crippen LogP contribution in [0.15, 0.2) is 42.5 Å². The Labute approximate surface area is 183 Å². The second-order valence-corrected chi connectivity index (χ2v) is 9.55. The molecule has 0 unspecified atom stereocenters. The summed E-state index contributed by atoms with van der Waals surface area (Å²) in [6.45, 7) is 4.81. The highest BCUT2D eigenvalue weighted by Gasteiger charge is 2.25. The van der Waals surface area contributed by atoms with E-state index in [1.54, 1.807) is 55.8 Å². The van der Waals surface area contributed by atoms with Crippen molar-refractivity contribution in [3.8, 4) is 11.5 Å². The molecule has 1 fully saturated rings. The van der Waals surface area contributed by atoms with E-state index < -0.39 is 10.0 Å². The Hall–Kier alpha value is -2.62. The average Bonchev–Trinajstić information content (AvgIpc) is 2.79. The summed E-state index contributed by atoms with van der Waals surface area (Å²) < 4.78 is 36.0. The smallest absolute Gasteiger partial charge is 0.255 e. The molecular weight excluding hydrogens is 418 g/mol. The van der Waals surface area contributed by atoms with Crippen molar-refractivity contribution in [3.05, 3.63) is 53.6 Å². The quantitative estimate of drug-likeness (QED) is 0.669. The molecule has 31 heavy (non-hydrogen) atoms. The monoisotopic (exact) mass is 447 g/mol. The molecule has 168 valence electrons. The van der Waals surface area contributed by atoms with Gasteiger partial charge in [0.25, 0.3) is 5.91 Å². The van der Waals surface area contributed by atoms with Gasteiger partial charge in [-0.15, -0.1) is 0 Å². The van der Waals surface area contributed by atoms with Crippen LogP contribution in [0.2, 0.25) is 0 Å². The molecule has 1 saturated heterocycles. The molecule has 0 saturated carbocycles. The van der Waals surface area contributed by atoms with E-state index in [1.807, 2.05) is 12.1 Å². The van der Waals surface area contributed by atoms with E-state index in [0.717, 1.165) is 12.1 Å². The lowest BCUT2D eigenvalue weighted by Crippen LogP contribution is -2.48. The number of benzene rings is 2. The predicted octanol–water partition coefficient (Wildman–Crippen LogP) is 2.42. The highest BCUT2D eigenvalue weighted by atomic mass is 32.2. The maximum absolute atomic E-state index is 12.6. The number of methoxy groups -OCH3 is 2. The standard InChI is InChI=1S/C22H29N3O5S/c1-4-31(27,28)25-13-11-24(12-14-25)16-17-5-7-18(8-6-17)22(26)23-19-9-10-20(29-2)21(15-19)30-3/h5-10,15H,4,11-14,16H2,1-3H3,(H,23,26). The summed E-state index contributed by atoms with van der Waals surface area (Å²) in [4.78, 5) is 14.8. The van der Waals surface area contributed by atoms with Crippen molar-refractivity contribution in [3.63, 3.8) is 0 Å². The van der Waals surface area contributed by atoms with E-state index in [1.165, 1.54) is 0 Å². The van der Waals surface area contributed by atoms with Gasteiger partial charge in [0.1, 0.15) is 0 Å². The van der Waals surface area contributed by atoms with Gasteiger partial charge in [0.15, 0.2) is 11.5 Å². The topological polar surface area (TPSA) is 88.2 Å². The van der Waals surface area contributed by atoms with E-state index in [2.05, 4.69) is 10.2 Å². The molecule has 1 aliphatic rings. The molecule has 0 bridgehead atoms. The Bertz CT molecular complexity index is 1000. The second kappa shape index (κ2) is 10.1. The largest absolute Gasteiger partial charge is 0.493 e. The normalized spacial score (nSPS) is 15.5. The first kappa shape index (κ1) is 23.1. The van der Waals surface area contributed by atoms with Gasteiger partial charge in [-0.05, 0) is 36.8 Å². The summed E-state index contributed by atoms with van der Waals surface area (Å²) >= 11 is 0. The Morgan fingerprint density at radius 2 is 1.61 bits per heavy atom. The minimum absolute atomic E-state index is 0.139. The molecule has 8 nitrogen and oxygen atoms in total. The molecule has 0 radical (unpaired) electrons. The Morgan fingerprint density at radius 1 is 0.968 bits per heavy atom. The zero-order valence-electron chi connectivity index (χ0n) is 18.1. The minimum atomic E-state index is -3.12. The van der Waals surface area contributed by atoms with Crippen LogP contribution in [0.1, 0.15) is 22.8 Å². The lowest BCUT2D eigenvalue weighted by atomic mass is 10.1. The van der Waals surface area contributed by atoms with Crippen LogP contribution in [0.4, 0.5) is 5.69 Å². The third-order valence-electron chi connectivity index (χ3n) is 5.35. The summed E-state index contributed by atoms with van der Waals surface area (Å²) in [5.74, 6) is 1.07. The van der Waals surface area contributed by atoms with Crippen molar-refractivity contribution in [2.75, 3.05) is 51.5 Å². The maximum Gasteiger partial charge on any atom is 0.255 e. The van der Waals surface area contributed by atoms with Crippen LogP contribution >= 0.6 is 0 Å². The molecule has 0 atom stereocenters. The Kier molecular flexibility index (Phi) is 7.53. The zero-order chi connectivity index (χ0) is 22.4. The van der Waals surface area contributed by atoms with Crippen LogP contribution in [0.25, 0.3) is 0 Å². The number of nitrogens with zero attached hydrogens (tertiary/aromatic N) is 2. The van der Waals surface area contributed by atoms with Crippen LogP contribution < -0.4 is 14.8 Å². The van der Waals surface area contributed by atoms with Gasteiger partial charge in [-0.1, -0.05) is 12.1 Å². The van der Waals surface area contributed by atoms with Crippen molar-refractivity contribution < 1.29 is 22.7 Å². The zero-order valence-corrected chi connectivity index (χ0v) is 18.9. The van der Waals surface area contributed by atoms with Gasteiger partial charge in [-0.3, -0.25) is 9.69 Å². The van der Waals surface area contributed by atoms with Gasteiger partial charge in [0.05, 0.1) is 20.0 Å². The third-order valence-corrected chi connectivity index (χ3v) is 7.23. The fourth-order valence-corrected chi connectivity index (χ4v) is 4.57. The molecule has 0 aliphatic carbocycles. The first-order valence-electron chi connectivity index (χ1n) is 10.2. The van der Waals surface area contributed by atoms with Crippen LogP contribution in [-0.2, 0) is 16.6 Å². The van der Waals surface area contributed by atoms with Crippen LogP contribution in [0.3, 0.4) is 0 Å². The molecular formula is C22H29N3O5S. The van der Waals surface area contributed by atoms with Gasteiger partial charge in [-0.2, -0.15) is 4.31 Å². The van der Waals surface area contributed by atoms with Gasteiger partial charge < -0.3 is 14.8 Å². The maximum atomic E-state index is 12.6. The highest BCUT2D eigenvalue weighted by Crippen LogP contribution is 2.30. The molecule has 1 aliphatic heterocycles. The molecule has 1 N–H and O–H groups in total. The number of hydrogen-bond donors (Lipinski definition) is 1. The number of ether oxygens (including phenoxy) is 2. The van der Waals surface area contributed by atoms with Crippen LogP contribution in [0.5, 0.6) is 11.5 Å². The summed E-state index contributed by atoms with van der Waals surface area (Å²) in [7, 11) is -0.0131. The number of rotatable bonds is 8. The van der Waals surface area contributed by atoms with Crippen molar-refractivity contribution in [2.45, 2.75) is 13.5 Å². The van der Waals surface area contributed by atoms with Crippen LogP contribution in [0, 0.1) is 0 Å². The summed E-state index contributed by atoms with van der Waals surface area (Å²) in [5.41, 5.74) is 2.25. The van der Waals surface area contributed by atoms with E-state index in [4.69, 9.17) is 9.47 Å². The van der Waals surface area contributed by atoms with Gasteiger partial charge in [0, 0.05) is 50.0 Å². The molecule has 0 spiro atoms. The first-order valence-corrected chi connectivity index (χ1v) is 11.8. The van der Waals surface area contributed by atoms with Gasteiger partial charge >= 0.3 is 0 Å². The molecule has 9 heteroatoms. The number of sulfonamides is 1. The number of anilines is 1. The number of carbonyl (C=O) groups excluding carboxylic acids is 1. The average molecular weight is 448 g/mol. The van der Waals surface area contributed by atoms with E-state index in [0.29, 0.717) is 48.9 Å². The number of nitrogens with one attached hydrogen (secondary N) is 1. The number of hydrogen-bond acceptors (Lipinski definition) is 6. The first-order chi connectivity index (χ1) is 14.9. The lowest BCUT2D eigenvalue weighted by molar-refractivity contribution is 0.102. The SMILES string of the molecule is CCS(=O)(=O)N1CCN(Cc2ccc(C(=O)Nc3ccc(OC)c(OC)c3)cc2)CC1. The lowest BCUT2D eigenvalue weighted by Gasteiger charge is -2.33. The highest BCUT2D eigenvalue weighted by molar-refractivity contribution is 7.89. The molecule has 3 rings (SSSR count). The Balaban J connectivity index is 1.56. The third kappa shape index (κ3) is 5.75. The molecule has 1 amide bonds. The number of piperazine rings is 1. The fourth-order valence-electron chi connectivity index (χ4n) is 3.49. The van der Waals surface area contributed by atoms with E-state index in [9.17, 15) is 13.2 Å². The summed E-state index contributed by atoms with van der Waals surface area (Å²) in [5, 5.41) is 2.86. The Morgan fingerprint density at radius 3 is 2.19 bits per heavy atom. The van der Waals surface area contributed by atoms with Crippen molar-refractivity contribution in [1.29, 1.82) is 0 Å². The fraction of sp³-hybridized carbons (Fsp3) is 0.409. The predicted molar refractivity (Wildman–Crippen MR) is 120 cm³/mol. The van der Waals surface area contributed by atoms with Gasteiger partial charge in [0.2, 0.25) is 10.0 Å². The van der Waals surface area contributed by atoms with Gasteiger partial charge in [-0.25, -0.2) is 8.42 Å². The summed E-state index contributed by atoms with van der Waals surface area (Å²) in [6, 6.07) is 12.7. The number of amides is 1. The number of carbonyl (C=O) groups is 1. The molecule has 1 heterocycles. The van der Waals surface area contributed by atoms with Crippen molar-refractivity contribution in [2.24, 2.45) is 0 Å². The summed E-state index contributed by atoms with van der Waals surface area (Å²) in [6.07, 6.45) is 0. The minimum Gasteiger partial charge on any atom is -0.493 e. The molecule has 2 aromatic rings.